The zero-order valence-electron chi connectivity index (χ0n) is 12.3. The highest BCUT2D eigenvalue weighted by atomic mass is 35.5. The summed E-state index contributed by atoms with van der Waals surface area (Å²) in [6.07, 6.45) is 1.56. The van der Waals surface area contributed by atoms with Gasteiger partial charge in [0.05, 0.1) is 11.5 Å². The van der Waals surface area contributed by atoms with E-state index in [4.69, 9.17) is 11.6 Å². The average Bonchev–Trinajstić information content (AvgIpc) is 2.76. The first-order valence-electron chi connectivity index (χ1n) is 7.23. The summed E-state index contributed by atoms with van der Waals surface area (Å²) in [5.74, 6) is 0.0434. The summed E-state index contributed by atoms with van der Waals surface area (Å²) in [4.78, 5) is 0. The minimum Gasteiger partial charge on any atom is -0.310 e. The summed E-state index contributed by atoms with van der Waals surface area (Å²) in [6.45, 7) is 4.51. The van der Waals surface area contributed by atoms with Gasteiger partial charge in [-0.1, -0.05) is 24.6 Å². The van der Waals surface area contributed by atoms with Crippen LogP contribution in [0.15, 0.2) is 12.1 Å². The van der Waals surface area contributed by atoms with Gasteiger partial charge >= 0.3 is 0 Å². The highest BCUT2D eigenvalue weighted by molar-refractivity contribution is 7.91. The summed E-state index contributed by atoms with van der Waals surface area (Å²) >= 11 is 6.20. The standard InChI is InChI=1S/C15H21ClFNO2S/c1-3-5-18-15(11-4-6-21(19,20)9-11)12-7-10(2)14(17)8-13(12)16/h7-8,11,15,18H,3-6,9H2,1-2H3. The van der Waals surface area contributed by atoms with E-state index in [-0.39, 0.29) is 29.3 Å². The van der Waals surface area contributed by atoms with Crippen LogP contribution in [0.25, 0.3) is 0 Å². The van der Waals surface area contributed by atoms with Crippen LogP contribution in [-0.4, -0.2) is 26.5 Å². The van der Waals surface area contributed by atoms with Crippen molar-refractivity contribution in [2.75, 3.05) is 18.1 Å². The summed E-state index contributed by atoms with van der Waals surface area (Å²) in [7, 11) is -2.96. The van der Waals surface area contributed by atoms with Crippen molar-refractivity contribution in [1.29, 1.82) is 0 Å². The van der Waals surface area contributed by atoms with Crippen LogP contribution in [-0.2, 0) is 9.84 Å². The molecule has 2 unspecified atom stereocenters. The molecule has 0 amide bonds. The number of aryl methyl sites for hydroxylation is 1. The molecule has 1 N–H and O–H groups in total. The highest BCUT2D eigenvalue weighted by Gasteiger charge is 2.35. The number of hydrogen-bond donors (Lipinski definition) is 1. The maximum absolute atomic E-state index is 13.6. The molecule has 1 aromatic rings. The van der Waals surface area contributed by atoms with Gasteiger partial charge in [-0.05, 0) is 49.4 Å². The molecule has 1 aliphatic heterocycles. The molecule has 2 atom stereocenters. The molecule has 21 heavy (non-hydrogen) atoms. The number of halogens is 2. The Morgan fingerprint density at radius 3 is 2.76 bits per heavy atom. The minimum absolute atomic E-state index is 0.0103. The van der Waals surface area contributed by atoms with Crippen molar-refractivity contribution in [1.82, 2.24) is 5.32 Å². The Morgan fingerprint density at radius 1 is 1.48 bits per heavy atom. The molecule has 1 aliphatic rings. The van der Waals surface area contributed by atoms with Gasteiger partial charge in [0.25, 0.3) is 0 Å². The summed E-state index contributed by atoms with van der Waals surface area (Å²) in [5, 5.41) is 3.74. The summed E-state index contributed by atoms with van der Waals surface area (Å²) in [6, 6.07) is 2.90. The fraction of sp³-hybridized carbons (Fsp3) is 0.600. The zero-order chi connectivity index (χ0) is 15.6. The molecule has 0 spiro atoms. The highest BCUT2D eigenvalue weighted by Crippen LogP contribution is 2.35. The Morgan fingerprint density at radius 2 is 2.19 bits per heavy atom. The van der Waals surface area contributed by atoms with E-state index in [1.54, 1.807) is 13.0 Å². The number of benzene rings is 1. The van der Waals surface area contributed by atoms with E-state index in [9.17, 15) is 12.8 Å². The van der Waals surface area contributed by atoms with Gasteiger partial charge in [-0.2, -0.15) is 0 Å². The van der Waals surface area contributed by atoms with Gasteiger partial charge in [-0.15, -0.1) is 0 Å². The van der Waals surface area contributed by atoms with E-state index < -0.39 is 9.84 Å². The van der Waals surface area contributed by atoms with E-state index in [0.29, 0.717) is 17.0 Å². The van der Waals surface area contributed by atoms with Gasteiger partial charge in [0.2, 0.25) is 0 Å². The van der Waals surface area contributed by atoms with Crippen LogP contribution >= 0.6 is 11.6 Å². The fourth-order valence-electron chi connectivity index (χ4n) is 2.83. The van der Waals surface area contributed by atoms with Gasteiger partial charge in [-0.25, -0.2) is 12.8 Å². The van der Waals surface area contributed by atoms with Crippen LogP contribution in [0.1, 0.15) is 36.9 Å². The third kappa shape index (κ3) is 3.96. The molecule has 6 heteroatoms. The predicted molar refractivity (Wildman–Crippen MR) is 83.9 cm³/mol. The third-order valence-corrected chi connectivity index (χ3v) is 6.09. The average molecular weight is 334 g/mol. The second-order valence-electron chi connectivity index (χ2n) is 5.72. The molecule has 1 aromatic carbocycles. The van der Waals surface area contributed by atoms with E-state index in [2.05, 4.69) is 5.32 Å². The van der Waals surface area contributed by atoms with Gasteiger partial charge in [0.1, 0.15) is 5.82 Å². The SMILES string of the molecule is CCCNC(c1cc(C)c(F)cc1Cl)C1CCS(=O)(=O)C1. The van der Waals surface area contributed by atoms with Crippen molar-refractivity contribution in [2.45, 2.75) is 32.7 Å². The van der Waals surface area contributed by atoms with E-state index in [1.807, 2.05) is 6.92 Å². The lowest BCUT2D eigenvalue weighted by Gasteiger charge is -2.26. The molecule has 0 saturated carbocycles. The van der Waals surface area contributed by atoms with Gasteiger partial charge in [0.15, 0.2) is 9.84 Å². The van der Waals surface area contributed by atoms with E-state index in [1.165, 1.54) is 6.07 Å². The van der Waals surface area contributed by atoms with Crippen LogP contribution in [0, 0.1) is 18.7 Å². The first kappa shape index (κ1) is 16.7. The van der Waals surface area contributed by atoms with E-state index in [0.717, 1.165) is 18.5 Å². The predicted octanol–water partition coefficient (Wildman–Crippen LogP) is 3.26. The lowest BCUT2D eigenvalue weighted by atomic mass is 9.91. The molecule has 0 bridgehead atoms. The topological polar surface area (TPSA) is 46.2 Å². The van der Waals surface area contributed by atoms with Crippen molar-refractivity contribution in [3.05, 3.63) is 34.1 Å². The van der Waals surface area contributed by atoms with Crippen LogP contribution in [0.3, 0.4) is 0 Å². The number of rotatable bonds is 5. The molecule has 1 saturated heterocycles. The number of hydrogen-bond acceptors (Lipinski definition) is 3. The normalized spacial score (nSPS) is 22.4. The van der Waals surface area contributed by atoms with Crippen molar-refractivity contribution >= 4 is 21.4 Å². The number of sulfone groups is 1. The Kier molecular flexibility index (Phi) is 5.28. The first-order valence-corrected chi connectivity index (χ1v) is 9.43. The molecule has 0 aliphatic carbocycles. The minimum atomic E-state index is -2.96. The second-order valence-corrected chi connectivity index (χ2v) is 8.35. The molecule has 2 rings (SSSR count). The zero-order valence-corrected chi connectivity index (χ0v) is 13.9. The lowest BCUT2D eigenvalue weighted by molar-refractivity contribution is 0.392. The molecular formula is C15H21ClFNO2S. The fourth-order valence-corrected chi connectivity index (χ4v) is 4.94. The van der Waals surface area contributed by atoms with Gasteiger partial charge < -0.3 is 5.32 Å². The molecular weight excluding hydrogens is 313 g/mol. The van der Waals surface area contributed by atoms with Crippen LogP contribution < -0.4 is 5.32 Å². The van der Waals surface area contributed by atoms with Crippen molar-refractivity contribution in [3.63, 3.8) is 0 Å². The third-order valence-electron chi connectivity index (χ3n) is 3.97. The van der Waals surface area contributed by atoms with Gasteiger partial charge in [-0.3, -0.25) is 0 Å². The Balaban J connectivity index is 2.34. The van der Waals surface area contributed by atoms with Gasteiger partial charge in [0, 0.05) is 11.1 Å². The van der Waals surface area contributed by atoms with E-state index >= 15 is 0 Å². The lowest BCUT2D eigenvalue weighted by Crippen LogP contribution is -2.30. The Bertz CT molecular complexity index is 618. The molecule has 0 radical (unpaired) electrons. The molecule has 0 aromatic heterocycles. The molecule has 1 heterocycles. The van der Waals surface area contributed by atoms with Crippen molar-refractivity contribution < 1.29 is 12.8 Å². The molecule has 118 valence electrons. The Labute approximate surface area is 130 Å². The quantitative estimate of drug-likeness (QED) is 0.899. The summed E-state index contributed by atoms with van der Waals surface area (Å²) < 4.78 is 37.0. The Hall–Kier alpha value is -0.650. The molecule has 1 fully saturated rings. The maximum Gasteiger partial charge on any atom is 0.150 e. The van der Waals surface area contributed by atoms with Crippen LogP contribution in [0.4, 0.5) is 4.39 Å². The second kappa shape index (κ2) is 6.63. The first-order chi connectivity index (χ1) is 9.84. The smallest absolute Gasteiger partial charge is 0.150 e. The molecule has 3 nitrogen and oxygen atoms in total. The van der Waals surface area contributed by atoms with Crippen LogP contribution in [0.2, 0.25) is 5.02 Å². The monoisotopic (exact) mass is 333 g/mol. The summed E-state index contributed by atoms with van der Waals surface area (Å²) in [5.41, 5.74) is 1.32. The largest absolute Gasteiger partial charge is 0.310 e. The van der Waals surface area contributed by atoms with Crippen LogP contribution in [0.5, 0.6) is 0 Å². The van der Waals surface area contributed by atoms with Crippen molar-refractivity contribution in [3.8, 4) is 0 Å². The number of nitrogens with one attached hydrogen (secondary N) is 1. The van der Waals surface area contributed by atoms with Crippen molar-refractivity contribution in [2.24, 2.45) is 5.92 Å². The maximum atomic E-state index is 13.6.